The van der Waals surface area contributed by atoms with Gasteiger partial charge >= 0.3 is 6.18 Å². The van der Waals surface area contributed by atoms with Gasteiger partial charge < -0.3 is 9.88 Å². The van der Waals surface area contributed by atoms with Crippen LogP contribution in [0.4, 0.5) is 24.5 Å². The number of amides is 2. The van der Waals surface area contributed by atoms with E-state index in [9.17, 15) is 22.8 Å². The molecule has 1 atom stereocenters. The number of fused-ring (bicyclic) bond motifs is 1. The Balaban J connectivity index is 1.93. The first-order chi connectivity index (χ1) is 13.2. The number of hydrogen-bond donors (Lipinski definition) is 1. The van der Waals surface area contributed by atoms with Gasteiger partial charge in [0.15, 0.2) is 5.16 Å². The van der Waals surface area contributed by atoms with Gasteiger partial charge in [0.25, 0.3) is 0 Å². The van der Waals surface area contributed by atoms with E-state index in [0.717, 1.165) is 11.8 Å². The summed E-state index contributed by atoms with van der Waals surface area (Å²) < 4.78 is 42.8. The minimum Gasteiger partial charge on any atom is -0.324 e. The number of nitrogens with one attached hydrogen (secondary N) is 1. The molecule has 0 aliphatic carbocycles. The molecule has 7 nitrogen and oxygen atoms in total. The summed E-state index contributed by atoms with van der Waals surface area (Å²) in [5.74, 6) is -1.17. The number of hydrogen-bond acceptors (Lipinski definition) is 5. The maximum atomic E-state index is 13.7. The number of nitrogens with zero attached hydrogens (tertiary/aromatic N) is 4. The second kappa shape index (κ2) is 7.82. The molecule has 1 aromatic heterocycles. The van der Waals surface area contributed by atoms with Gasteiger partial charge in [-0.05, 0) is 26.0 Å². The topological polar surface area (TPSA) is 80.1 Å². The lowest BCUT2D eigenvalue weighted by Crippen LogP contribution is -2.50. The van der Waals surface area contributed by atoms with E-state index in [-0.39, 0.29) is 17.1 Å². The van der Waals surface area contributed by atoms with Crippen molar-refractivity contribution < 1.29 is 22.8 Å². The zero-order valence-electron chi connectivity index (χ0n) is 15.2. The summed E-state index contributed by atoms with van der Waals surface area (Å²) in [5, 5.41) is 10.8. The van der Waals surface area contributed by atoms with Gasteiger partial charge in [0, 0.05) is 6.54 Å². The third-order valence-electron chi connectivity index (χ3n) is 4.32. The molecule has 28 heavy (non-hydrogen) atoms. The normalized spacial score (nSPS) is 17.1. The van der Waals surface area contributed by atoms with Crippen molar-refractivity contribution in [1.82, 2.24) is 14.8 Å². The Hall–Kier alpha value is -2.56. The maximum absolute atomic E-state index is 13.7. The van der Waals surface area contributed by atoms with Crippen molar-refractivity contribution in [1.29, 1.82) is 0 Å². The molecule has 1 N–H and O–H groups in total. The van der Waals surface area contributed by atoms with Crippen molar-refractivity contribution in [3.63, 3.8) is 0 Å². The second-order valence-electron chi connectivity index (χ2n) is 6.15. The molecule has 2 amide bonds. The quantitative estimate of drug-likeness (QED) is 0.780. The van der Waals surface area contributed by atoms with Crippen molar-refractivity contribution in [3.05, 3.63) is 30.1 Å². The van der Waals surface area contributed by atoms with E-state index in [1.54, 1.807) is 17.6 Å². The molecule has 1 aliphatic rings. The van der Waals surface area contributed by atoms with E-state index < -0.39 is 30.5 Å². The minimum atomic E-state index is -4.75. The average molecular weight is 413 g/mol. The molecule has 2 heterocycles. The number of alkyl halides is 3. The first-order valence-electron chi connectivity index (χ1n) is 8.52. The highest BCUT2D eigenvalue weighted by Crippen LogP contribution is 2.38. The fourth-order valence-electron chi connectivity index (χ4n) is 3.02. The fraction of sp³-hybridized carbons (Fsp3) is 0.412. The molecule has 1 aliphatic heterocycles. The number of aryl methyl sites for hydroxylation is 1. The third kappa shape index (κ3) is 3.98. The number of carbonyl (C=O) groups excluding carboxylic acids is 2. The van der Waals surface area contributed by atoms with Gasteiger partial charge in [0.05, 0.1) is 23.5 Å². The van der Waals surface area contributed by atoms with Crippen molar-refractivity contribution in [2.45, 2.75) is 44.2 Å². The van der Waals surface area contributed by atoms with Crippen LogP contribution in [0, 0.1) is 6.92 Å². The van der Waals surface area contributed by atoms with Crippen LogP contribution in [0.1, 0.15) is 19.2 Å². The van der Waals surface area contributed by atoms with Crippen LogP contribution in [0.15, 0.2) is 29.4 Å². The minimum absolute atomic E-state index is 0.0226. The van der Waals surface area contributed by atoms with Gasteiger partial charge in [-0.15, -0.1) is 10.2 Å². The van der Waals surface area contributed by atoms with Crippen LogP contribution in [0.25, 0.3) is 0 Å². The van der Waals surface area contributed by atoms with E-state index in [0.29, 0.717) is 22.4 Å². The van der Waals surface area contributed by atoms with Crippen LogP contribution in [-0.2, 0) is 16.1 Å². The highest BCUT2D eigenvalue weighted by Gasteiger charge is 2.48. The van der Waals surface area contributed by atoms with Gasteiger partial charge in [-0.25, -0.2) is 0 Å². The van der Waals surface area contributed by atoms with Crippen molar-refractivity contribution in [3.8, 4) is 0 Å². The van der Waals surface area contributed by atoms with Crippen LogP contribution in [0.5, 0.6) is 0 Å². The van der Waals surface area contributed by atoms with E-state index in [1.165, 1.54) is 18.2 Å². The summed E-state index contributed by atoms with van der Waals surface area (Å²) in [7, 11) is 0. The highest BCUT2D eigenvalue weighted by molar-refractivity contribution is 7.99. The summed E-state index contributed by atoms with van der Waals surface area (Å²) >= 11 is 1.01. The molecule has 1 unspecified atom stereocenters. The SMILES string of the molecule is CCn1c(C)nnc1SCC(=O)N1c2ccccc2NC(=O)CC1C(F)(F)F. The van der Waals surface area contributed by atoms with Gasteiger partial charge in [0.2, 0.25) is 11.8 Å². The lowest BCUT2D eigenvalue weighted by molar-refractivity contribution is -0.157. The lowest BCUT2D eigenvalue weighted by atomic mass is 10.1. The first kappa shape index (κ1) is 20.2. The Labute approximate surface area is 163 Å². The first-order valence-corrected chi connectivity index (χ1v) is 9.51. The number of benzene rings is 1. The number of aromatic nitrogens is 3. The Bertz CT molecular complexity index is 899. The number of thioether (sulfide) groups is 1. The summed E-state index contributed by atoms with van der Waals surface area (Å²) in [4.78, 5) is 25.5. The molecule has 0 spiro atoms. The molecule has 0 fully saturated rings. The van der Waals surface area contributed by atoms with Crippen LogP contribution < -0.4 is 10.2 Å². The summed E-state index contributed by atoms with van der Waals surface area (Å²) in [6.45, 7) is 4.21. The molecule has 1 aromatic carbocycles. The summed E-state index contributed by atoms with van der Waals surface area (Å²) in [6, 6.07) is 3.72. The Morgan fingerprint density at radius 2 is 2.04 bits per heavy atom. The molecule has 0 bridgehead atoms. The van der Waals surface area contributed by atoms with Crippen molar-refractivity contribution >= 4 is 35.0 Å². The van der Waals surface area contributed by atoms with Crippen LogP contribution in [0.3, 0.4) is 0 Å². The van der Waals surface area contributed by atoms with Gasteiger partial charge in [0.1, 0.15) is 11.9 Å². The predicted molar refractivity (Wildman–Crippen MR) is 98.2 cm³/mol. The maximum Gasteiger partial charge on any atom is 0.409 e. The predicted octanol–water partition coefficient (Wildman–Crippen LogP) is 3.00. The van der Waals surface area contributed by atoms with Gasteiger partial charge in [-0.2, -0.15) is 13.2 Å². The highest BCUT2D eigenvalue weighted by atomic mass is 32.2. The van der Waals surface area contributed by atoms with Crippen molar-refractivity contribution in [2.24, 2.45) is 0 Å². The molecule has 0 saturated heterocycles. The van der Waals surface area contributed by atoms with E-state index >= 15 is 0 Å². The molecule has 0 saturated carbocycles. The Morgan fingerprint density at radius 3 is 2.71 bits per heavy atom. The lowest BCUT2D eigenvalue weighted by Gasteiger charge is -2.31. The number of para-hydroxylation sites is 2. The fourth-order valence-corrected chi connectivity index (χ4v) is 3.93. The van der Waals surface area contributed by atoms with Crippen LogP contribution in [0.2, 0.25) is 0 Å². The van der Waals surface area contributed by atoms with E-state index in [2.05, 4.69) is 15.5 Å². The van der Waals surface area contributed by atoms with Gasteiger partial charge in [-0.1, -0.05) is 23.9 Å². The molecular formula is C17H18F3N5O2S. The molecule has 150 valence electrons. The van der Waals surface area contributed by atoms with Crippen LogP contribution >= 0.6 is 11.8 Å². The Kier molecular flexibility index (Phi) is 5.64. The summed E-state index contributed by atoms with van der Waals surface area (Å²) in [6.07, 6.45) is -5.62. The molecule has 2 aromatic rings. The number of halogens is 3. The zero-order valence-corrected chi connectivity index (χ0v) is 16.0. The summed E-state index contributed by atoms with van der Waals surface area (Å²) in [5.41, 5.74) is 0.194. The largest absolute Gasteiger partial charge is 0.409 e. The monoisotopic (exact) mass is 413 g/mol. The second-order valence-corrected chi connectivity index (χ2v) is 7.10. The molecule has 11 heteroatoms. The Morgan fingerprint density at radius 1 is 1.32 bits per heavy atom. The molecule has 0 radical (unpaired) electrons. The van der Waals surface area contributed by atoms with Gasteiger partial charge in [-0.3, -0.25) is 14.5 Å². The standard InChI is InChI=1S/C17H18F3N5O2S/c1-3-24-10(2)22-23-16(24)28-9-15(27)25-12-7-5-4-6-11(12)21-14(26)8-13(25)17(18,19)20/h4-7,13H,3,8-9H2,1-2H3,(H,21,26). The van der Waals surface area contributed by atoms with Crippen molar-refractivity contribution in [2.75, 3.05) is 16.0 Å². The molecule has 3 rings (SSSR count). The average Bonchev–Trinajstić information content (AvgIpc) is 2.90. The van der Waals surface area contributed by atoms with E-state index in [4.69, 9.17) is 0 Å². The van der Waals surface area contributed by atoms with E-state index in [1.807, 2.05) is 6.92 Å². The van der Waals surface area contributed by atoms with Crippen LogP contribution in [-0.4, -0.2) is 44.5 Å². The smallest absolute Gasteiger partial charge is 0.324 e. The number of carbonyl (C=O) groups is 2. The third-order valence-corrected chi connectivity index (χ3v) is 5.27. The zero-order chi connectivity index (χ0) is 20.5. The number of rotatable bonds is 4. The number of anilines is 2. The molecular weight excluding hydrogens is 395 g/mol.